The largest absolute Gasteiger partial charge is 0.481 e. The molecule has 0 bridgehead atoms. The van der Waals surface area contributed by atoms with Gasteiger partial charge in [0.05, 0.1) is 12.1 Å². The average molecular weight is 674 g/mol. The van der Waals surface area contributed by atoms with E-state index in [0.29, 0.717) is 19.4 Å². The molecule has 0 fully saturated rings. The summed E-state index contributed by atoms with van der Waals surface area (Å²) < 4.78 is 0. The molecule has 0 aromatic carbocycles. The number of hydrogen-bond acceptors (Lipinski definition) is 11. The van der Waals surface area contributed by atoms with Gasteiger partial charge in [-0.3, -0.25) is 43.2 Å². The summed E-state index contributed by atoms with van der Waals surface area (Å²) in [7, 11) is 1.40. The van der Waals surface area contributed by atoms with Crippen molar-refractivity contribution in [2.45, 2.75) is 102 Å². The Balaban J connectivity index is 6.10. The summed E-state index contributed by atoms with van der Waals surface area (Å²) in [6.45, 7) is 0.324. The molecule has 0 saturated carbocycles. The normalized spacial score (nSPS) is 14.1. The van der Waals surface area contributed by atoms with Crippen molar-refractivity contribution in [3.8, 4) is 0 Å². The molecule has 11 N–H and O–H groups in total. The van der Waals surface area contributed by atoms with E-state index in [1.54, 1.807) is 0 Å². The monoisotopic (exact) mass is 673 g/mol. The van der Waals surface area contributed by atoms with Crippen molar-refractivity contribution >= 4 is 53.2 Å². The van der Waals surface area contributed by atoms with Gasteiger partial charge in [0, 0.05) is 50.4 Å². The van der Waals surface area contributed by atoms with Crippen LogP contribution >= 0.6 is 0 Å². The van der Waals surface area contributed by atoms with Crippen molar-refractivity contribution in [2.24, 2.45) is 23.3 Å². The van der Waals surface area contributed by atoms with Crippen molar-refractivity contribution in [2.75, 3.05) is 13.6 Å². The lowest BCUT2D eigenvalue weighted by Gasteiger charge is -2.25. The first-order valence-corrected chi connectivity index (χ1v) is 15.2. The molecule has 0 rings (SSSR count). The number of Topliss-reactive ketones (excluding diaryl/α,β-unsaturated/α-hetero) is 2. The molecular weight excluding hydrogens is 626 g/mol. The number of aliphatic carboxylic acids is 4. The summed E-state index contributed by atoms with van der Waals surface area (Å²) in [5, 5.41) is 43.9. The van der Waals surface area contributed by atoms with Gasteiger partial charge in [0.1, 0.15) is 6.04 Å². The Morgan fingerprint density at radius 3 is 1.32 bits per heavy atom. The minimum atomic E-state index is -1.52. The van der Waals surface area contributed by atoms with Crippen LogP contribution in [-0.2, 0) is 43.2 Å². The number of likely N-dealkylation sites (N-methyl/N-ethyl adjacent to an activating group) is 1. The SMILES string of the molecule is CN[C@H](CCC(=O)O)C(=O)C[C@H](CCC(=O)O)C(=O)N[C@H](CCC(=O)O)C(=O)C[C@H](CCC(=O)O)C(=O)N[C@H](CCCCN)C(N)=O. The third kappa shape index (κ3) is 19.0. The average Bonchev–Trinajstić information content (AvgIpc) is 2.98. The molecule has 266 valence electrons. The molecule has 3 amide bonds. The van der Waals surface area contributed by atoms with E-state index in [0.717, 1.165) is 0 Å². The van der Waals surface area contributed by atoms with E-state index in [-0.39, 0.29) is 32.1 Å². The quantitative estimate of drug-likeness (QED) is 0.0439. The first-order chi connectivity index (χ1) is 22.0. The number of carboxylic acids is 4. The van der Waals surface area contributed by atoms with Crippen LogP contribution in [0.25, 0.3) is 0 Å². The van der Waals surface area contributed by atoms with E-state index in [9.17, 15) is 53.4 Å². The lowest BCUT2D eigenvalue weighted by molar-refractivity contribution is -0.140. The number of nitrogens with one attached hydrogen (secondary N) is 3. The molecule has 0 aromatic rings. The number of rotatable bonds is 28. The predicted molar refractivity (Wildman–Crippen MR) is 163 cm³/mol. The highest BCUT2D eigenvalue weighted by Crippen LogP contribution is 2.19. The summed E-state index contributed by atoms with van der Waals surface area (Å²) in [5.41, 5.74) is 10.8. The van der Waals surface area contributed by atoms with E-state index in [1.165, 1.54) is 7.05 Å². The number of unbranched alkanes of at least 4 members (excludes halogenated alkanes) is 1. The van der Waals surface area contributed by atoms with Crippen LogP contribution in [0.2, 0.25) is 0 Å². The minimum Gasteiger partial charge on any atom is -0.481 e. The molecule has 18 nitrogen and oxygen atoms in total. The molecule has 0 aliphatic carbocycles. The molecule has 0 aliphatic heterocycles. The van der Waals surface area contributed by atoms with Crippen molar-refractivity contribution in [1.29, 1.82) is 0 Å². The number of carboxylic acid groups (broad SMARTS) is 4. The molecule has 18 heteroatoms. The van der Waals surface area contributed by atoms with E-state index in [1.807, 2.05) is 0 Å². The van der Waals surface area contributed by atoms with E-state index in [2.05, 4.69) is 16.0 Å². The third-order valence-corrected chi connectivity index (χ3v) is 7.39. The zero-order chi connectivity index (χ0) is 36.1. The van der Waals surface area contributed by atoms with Gasteiger partial charge < -0.3 is 47.8 Å². The van der Waals surface area contributed by atoms with E-state index < -0.39 is 122 Å². The fourth-order valence-electron chi connectivity index (χ4n) is 4.69. The Labute approximate surface area is 271 Å². The van der Waals surface area contributed by atoms with Gasteiger partial charge in [0.15, 0.2) is 11.6 Å². The Morgan fingerprint density at radius 1 is 0.553 bits per heavy atom. The first kappa shape index (κ1) is 42.6. The zero-order valence-corrected chi connectivity index (χ0v) is 26.4. The molecule has 0 unspecified atom stereocenters. The minimum absolute atomic E-state index is 0.110. The van der Waals surface area contributed by atoms with Crippen molar-refractivity contribution < 1.29 is 63.6 Å². The van der Waals surface area contributed by atoms with Gasteiger partial charge in [0.25, 0.3) is 0 Å². The molecule has 0 heterocycles. The Morgan fingerprint density at radius 2 is 0.936 bits per heavy atom. The van der Waals surface area contributed by atoms with Crippen LogP contribution < -0.4 is 27.4 Å². The molecule has 0 aliphatic rings. The summed E-state index contributed by atoms with van der Waals surface area (Å²) in [5.74, 6) is -11.8. The molecule has 5 atom stereocenters. The number of primary amides is 1. The van der Waals surface area contributed by atoms with Gasteiger partial charge >= 0.3 is 23.9 Å². The number of nitrogens with two attached hydrogens (primary N) is 2. The lowest BCUT2D eigenvalue weighted by atomic mass is 9.89. The Kier molecular flexibility index (Phi) is 20.8. The van der Waals surface area contributed by atoms with Crippen molar-refractivity contribution in [3.63, 3.8) is 0 Å². The Bertz CT molecular complexity index is 1130. The van der Waals surface area contributed by atoms with Crippen LogP contribution in [0.1, 0.15) is 83.5 Å². The number of ketones is 2. The smallest absolute Gasteiger partial charge is 0.303 e. The highest BCUT2D eigenvalue weighted by atomic mass is 16.4. The zero-order valence-electron chi connectivity index (χ0n) is 26.4. The van der Waals surface area contributed by atoms with Gasteiger partial charge in [-0.25, -0.2) is 0 Å². The fourth-order valence-corrected chi connectivity index (χ4v) is 4.69. The van der Waals surface area contributed by atoms with E-state index >= 15 is 0 Å². The van der Waals surface area contributed by atoms with Crippen LogP contribution in [0.3, 0.4) is 0 Å². The standard InChI is InChI=1S/C29H47N5O13/c1-32-18(7-11-25(41)42)21(35)14-16(5-9-23(37)38)28(46)33-19(8-12-26(43)44)22(36)15-17(6-10-24(39)40)29(47)34-20(27(31)45)4-2-3-13-30/h16-20,32H,2-15,30H2,1H3,(H2,31,45)(H,33,46)(H,34,47)(H,37,38)(H,39,40)(H,41,42)(H,43,44)/t16-,17-,18+,19+,20+/m0/s1. The molecule has 0 spiro atoms. The maximum absolute atomic E-state index is 13.4. The summed E-state index contributed by atoms with van der Waals surface area (Å²) in [4.78, 5) is 109. The number of carbonyl (C=O) groups excluding carboxylic acids is 5. The maximum atomic E-state index is 13.4. The lowest BCUT2D eigenvalue weighted by Crippen LogP contribution is -2.49. The van der Waals surface area contributed by atoms with Crippen LogP contribution in [-0.4, -0.2) is 105 Å². The van der Waals surface area contributed by atoms with Crippen LogP contribution in [0.15, 0.2) is 0 Å². The van der Waals surface area contributed by atoms with Crippen molar-refractivity contribution in [1.82, 2.24) is 16.0 Å². The second-order valence-electron chi connectivity index (χ2n) is 11.1. The molecule has 0 radical (unpaired) electrons. The van der Waals surface area contributed by atoms with E-state index in [4.69, 9.17) is 21.7 Å². The van der Waals surface area contributed by atoms with Crippen LogP contribution in [0.5, 0.6) is 0 Å². The highest BCUT2D eigenvalue weighted by molar-refractivity contribution is 5.96. The summed E-state index contributed by atoms with van der Waals surface area (Å²) in [6.07, 6.45) is -3.38. The Hall–Kier alpha value is -4.45. The molecule has 0 saturated heterocycles. The molecule has 47 heavy (non-hydrogen) atoms. The molecular formula is C29H47N5O13. The second-order valence-corrected chi connectivity index (χ2v) is 11.1. The first-order valence-electron chi connectivity index (χ1n) is 15.2. The topological polar surface area (TPSA) is 323 Å². The number of amides is 3. The predicted octanol–water partition coefficient (Wildman–Crippen LogP) is -1.23. The van der Waals surface area contributed by atoms with Gasteiger partial charge in [-0.2, -0.15) is 0 Å². The van der Waals surface area contributed by atoms with Gasteiger partial charge in [-0.1, -0.05) is 0 Å². The van der Waals surface area contributed by atoms with Gasteiger partial charge in [-0.05, 0) is 58.5 Å². The van der Waals surface area contributed by atoms with Gasteiger partial charge in [-0.15, -0.1) is 0 Å². The highest BCUT2D eigenvalue weighted by Gasteiger charge is 2.33. The fraction of sp³-hybridized carbons (Fsp3) is 0.690. The second kappa shape index (κ2) is 23.0. The van der Waals surface area contributed by atoms with Crippen molar-refractivity contribution in [3.05, 3.63) is 0 Å². The summed E-state index contributed by atoms with van der Waals surface area (Å²) >= 11 is 0. The van der Waals surface area contributed by atoms with Gasteiger partial charge in [0.2, 0.25) is 17.7 Å². The summed E-state index contributed by atoms with van der Waals surface area (Å²) in [6, 6.07) is -3.63. The third-order valence-electron chi connectivity index (χ3n) is 7.39. The van der Waals surface area contributed by atoms with Crippen LogP contribution in [0.4, 0.5) is 0 Å². The number of carbonyl (C=O) groups is 9. The van der Waals surface area contributed by atoms with Crippen LogP contribution in [0, 0.1) is 11.8 Å². The molecule has 0 aromatic heterocycles. The maximum Gasteiger partial charge on any atom is 0.303 e. The number of hydrogen-bond donors (Lipinski definition) is 9.